The Kier molecular flexibility index (Phi) is 4.68. The van der Waals surface area contributed by atoms with Gasteiger partial charge in [-0.25, -0.2) is 9.97 Å². The molecule has 0 bridgehead atoms. The monoisotopic (exact) mass is 266 g/mol. The normalized spacial score (nSPS) is 20.5. The number of morpholine rings is 1. The molecule has 2 heterocycles. The summed E-state index contributed by atoms with van der Waals surface area (Å²) < 4.78 is 5.78. The van der Waals surface area contributed by atoms with Crippen molar-refractivity contribution in [3.63, 3.8) is 0 Å². The molecule has 1 aliphatic rings. The van der Waals surface area contributed by atoms with Crippen LogP contribution in [-0.2, 0) is 4.74 Å². The Bertz CT molecular complexity index is 427. The summed E-state index contributed by atoms with van der Waals surface area (Å²) in [5, 5.41) is 9.00. The number of aromatic nitrogens is 2. The van der Waals surface area contributed by atoms with Gasteiger partial charge < -0.3 is 19.6 Å². The largest absolute Gasteiger partial charge is 0.395 e. The number of likely N-dealkylation sites (N-methyl/N-ethyl adjacent to an activating group) is 2. The van der Waals surface area contributed by atoms with Gasteiger partial charge in [0.25, 0.3) is 0 Å². The Morgan fingerprint density at radius 3 is 3.00 bits per heavy atom. The summed E-state index contributed by atoms with van der Waals surface area (Å²) in [5.74, 6) is 1.56. The van der Waals surface area contributed by atoms with Crippen molar-refractivity contribution in [2.75, 3.05) is 51.8 Å². The number of anilines is 1. The molecule has 19 heavy (non-hydrogen) atoms. The third-order valence-electron chi connectivity index (χ3n) is 3.27. The van der Waals surface area contributed by atoms with Crippen LogP contribution in [0.15, 0.2) is 6.07 Å². The van der Waals surface area contributed by atoms with Crippen molar-refractivity contribution in [2.24, 2.45) is 0 Å². The molecule has 1 atom stereocenters. The number of hydrogen-bond donors (Lipinski definition) is 1. The predicted octanol–water partition coefficient (Wildman–Crippen LogP) is 0.217. The number of nitrogens with zero attached hydrogens (tertiary/aromatic N) is 4. The fraction of sp³-hybridized carbons (Fsp3) is 0.692. The fourth-order valence-electron chi connectivity index (χ4n) is 2.16. The third kappa shape index (κ3) is 3.62. The van der Waals surface area contributed by atoms with E-state index in [-0.39, 0.29) is 12.7 Å². The zero-order chi connectivity index (χ0) is 13.8. The molecular weight excluding hydrogens is 244 g/mol. The van der Waals surface area contributed by atoms with Gasteiger partial charge in [-0.3, -0.25) is 0 Å². The number of aryl methyl sites for hydroxylation is 1. The lowest BCUT2D eigenvalue weighted by molar-refractivity contribution is -0.0232. The molecule has 0 aromatic carbocycles. The van der Waals surface area contributed by atoms with Gasteiger partial charge in [0, 0.05) is 32.7 Å². The standard InChI is InChI=1S/C13H22N4O2/c1-10-14-11(12-9-16(2)5-7-19-12)8-13(15-10)17(3)4-6-18/h8,12,18H,4-7,9H2,1-3H3/t12-/m0/s1. The van der Waals surface area contributed by atoms with Crippen LogP contribution in [0.1, 0.15) is 17.6 Å². The average molecular weight is 266 g/mol. The smallest absolute Gasteiger partial charge is 0.132 e. The topological polar surface area (TPSA) is 61.7 Å². The highest BCUT2D eigenvalue weighted by Crippen LogP contribution is 2.22. The molecule has 6 heteroatoms. The fourth-order valence-corrected chi connectivity index (χ4v) is 2.16. The number of ether oxygens (including phenoxy) is 1. The highest BCUT2D eigenvalue weighted by molar-refractivity contribution is 5.39. The molecule has 1 aromatic heterocycles. The maximum atomic E-state index is 9.00. The first-order valence-electron chi connectivity index (χ1n) is 6.58. The Balaban J connectivity index is 2.20. The van der Waals surface area contributed by atoms with Gasteiger partial charge >= 0.3 is 0 Å². The van der Waals surface area contributed by atoms with Crippen molar-refractivity contribution in [1.29, 1.82) is 0 Å². The van der Waals surface area contributed by atoms with Gasteiger partial charge in [0.2, 0.25) is 0 Å². The van der Waals surface area contributed by atoms with Gasteiger partial charge in [-0.05, 0) is 14.0 Å². The zero-order valence-electron chi connectivity index (χ0n) is 11.8. The van der Waals surface area contributed by atoms with E-state index in [0.29, 0.717) is 6.54 Å². The molecule has 0 saturated carbocycles. The Hall–Kier alpha value is -1.24. The average Bonchev–Trinajstić information content (AvgIpc) is 2.38. The van der Waals surface area contributed by atoms with Crippen molar-refractivity contribution in [1.82, 2.24) is 14.9 Å². The van der Waals surface area contributed by atoms with Crippen molar-refractivity contribution >= 4 is 5.82 Å². The van der Waals surface area contributed by atoms with E-state index in [9.17, 15) is 0 Å². The number of rotatable bonds is 4. The van der Waals surface area contributed by atoms with Gasteiger partial charge in [0.15, 0.2) is 0 Å². The van der Waals surface area contributed by atoms with Crippen molar-refractivity contribution in [3.8, 4) is 0 Å². The predicted molar refractivity (Wildman–Crippen MR) is 73.3 cm³/mol. The molecule has 106 valence electrons. The van der Waals surface area contributed by atoms with Gasteiger partial charge in [-0.15, -0.1) is 0 Å². The number of aliphatic hydroxyl groups excluding tert-OH is 1. The van der Waals surface area contributed by atoms with E-state index >= 15 is 0 Å². The van der Waals surface area contributed by atoms with Crippen LogP contribution in [0, 0.1) is 6.92 Å². The molecule has 0 aliphatic carbocycles. The first-order chi connectivity index (χ1) is 9.10. The minimum atomic E-state index is 0.00160. The van der Waals surface area contributed by atoms with Crippen molar-refractivity contribution in [3.05, 3.63) is 17.6 Å². The van der Waals surface area contributed by atoms with E-state index in [4.69, 9.17) is 9.84 Å². The molecule has 0 spiro atoms. The second kappa shape index (κ2) is 6.27. The van der Waals surface area contributed by atoms with E-state index in [1.165, 1.54) is 0 Å². The van der Waals surface area contributed by atoms with Crippen LogP contribution in [0.25, 0.3) is 0 Å². The molecular formula is C13H22N4O2. The van der Waals surface area contributed by atoms with Gasteiger partial charge in [0.1, 0.15) is 17.7 Å². The lowest BCUT2D eigenvalue weighted by atomic mass is 10.2. The van der Waals surface area contributed by atoms with E-state index in [2.05, 4.69) is 21.9 Å². The van der Waals surface area contributed by atoms with Crippen LogP contribution in [0.5, 0.6) is 0 Å². The Morgan fingerprint density at radius 2 is 2.32 bits per heavy atom. The summed E-state index contributed by atoms with van der Waals surface area (Å²) in [5.41, 5.74) is 0.916. The summed E-state index contributed by atoms with van der Waals surface area (Å²) in [4.78, 5) is 13.0. The Labute approximate surface area is 114 Å². The SMILES string of the molecule is Cc1nc([C@@H]2CN(C)CCO2)cc(N(C)CCO)n1. The summed E-state index contributed by atoms with van der Waals surface area (Å²) in [6.07, 6.45) is 0.00160. The summed E-state index contributed by atoms with van der Waals surface area (Å²) in [7, 11) is 4.00. The number of hydrogen-bond acceptors (Lipinski definition) is 6. The summed E-state index contributed by atoms with van der Waals surface area (Å²) >= 11 is 0. The van der Waals surface area contributed by atoms with Crippen LogP contribution >= 0.6 is 0 Å². The van der Waals surface area contributed by atoms with Crippen molar-refractivity contribution < 1.29 is 9.84 Å². The second-order valence-electron chi connectivity index (χ2n) is 4.97. The molecule has 1 N–H and O–H groups in total. The molecule has 1 aliphatic heterocycles. The van der Waals surface area contributed by atoms with Crippen molar-refractivity contribution in [2.45, 2.75) is 13.0 Å². The maximum absolute atomic E-state index is 9.00. The summed E-state index contributed by atoms with van der Waals surface area (Å²) in [6.45, 7) is 5.08. The first kappa shape index (κ1) is 14.2. The minimum Gasteiger partial charge on any atom is -0.395 e. The second-order valence-corrected chi connectivity index (χ2v) is 4.97. The highest BCUT2D eigenvalue weighted by atomic mass is 16.5. The molecule has 1 saturated heterocycles. The van der Waals surface area contributed by atoms with E-state index < -0.39 is 0 Å². The summed E-state index contributed by atoms with van der Waals surface area (Å²) in [6, 6.07) is 1.95. The Morgan fingerprint density at radius 1 is 1.53 bits per heavy atom. The van der Waals surface area contributed by atoms with Crippen LogP contribution in [0.2, 0.25) is 0 Å². The number of aliphatic hydroxyl groups is 1. The lowest BCUT2D eigenvalue weighted by Crippen LogP contribution is -2.36. The van der Waals surface area contributed by atoms with Crippen LogP contribution in [0.4, 0.5) is 5.82 Å². The maximum Gasteiger partial charge on any atom is 0.132 e. The van der Waals surface area contributed by atoms with E-state index in [0.717, 1.165) is 37.0 Å². The quantitative estimate of drug-likeness (QED) is 0.841. The molecule has 1 aromatic rings. The van der Waals surface area contributed by atoms with E-state index in [1.54, 1.807) is 0 Å². The van der Waals surface area contributed by atoms with Crippen LogP contribution in [0.3, 0.4) is 0 Å². The molecule has 0 unspecified atom stereocenters. The first-order valence-corrected chi connectivity index (χ1v) is 6.58. The highest BCUT2D eigenvalue weighted by Gasteiger charge is 2.22. The van der Waals surface area contributed by atoms with E-state index in [1.807, 2.05) is 24.9 Å². The molecule has 0 radical (unpaired) electrons. The third-order valence-corrected chi connectivity index (χ3v) is 3.27. The molecule has 2 rings (SSSR count). The zero-order valence-corrected chi connectivity index (χ0v) is 11.8. The minimum absolute atomic E-state index is 0.00160. The van der Waals surface area contributed by atoms with Crippen LogP contribution < -0.4 is 4.90 Å². The van der Waals surface area contributed by atoms with Gasteiger partial charge in [-0.2, -0.15) is 0 Å². The molecule has 0 amide bonds. The van der Waals surface area contributed by atoms with Crippen LogP contribution in [-0.4, -0.2) is 66.9 Å². The molecule has 6 nitrogen and oxygen atoms in total. The lowest BCUT2D eigenvalue weighted by Gasteiger charge is -2.30. The van der Waals surface area contributed by atoms with Gasteiger partial charge in [-0.1, -0.05) is 0 Å². The van der Waals surface area contributed by atoms with Gasteiger partial charge in [0.05, 0.1) is 18.9 Å². The molecule has 1 fully saturated rings.